The Morgan fingerprint density at radius 2 is 1.32 bits per heavy atom. The number of unbranched alkanes of at least 4 members (excludes halogenated alkanes) is 5. The van der Waals surface area contributed by atoms with Gasteiger partial charge in [0.05, 0.1) is 19.3 Å². The fraction of sp³-hybridized carbons (Fsp3) is 0.720. The van der Waals surface area contributed by atoms with Crippen molar-refractivity contribution in [3.63, 3.8) is 0 Å². The molecule has 0 aromatic heterocycles. The van der Waals surface area contributed by atoms with Crippen LogP contribution in [-0.4, -0.2) is 41.9 Å². The molecule has 4 nitrogen and oxygen atoms in total. The SMILES string of the molecule is CC/C=C/C=C/[C@@H](O[Si](C)(C)C)[C@@H](/C=C\CCCCCCCC(=O)OC)O[Si](C)(C)C. The molecule has 0 bridgehead atoms. The summed E-state index contributed by atoms with van der Waals surface area (Å²) < 4.78 is 17.7. The third-order valence-corrected chi connectivity index (χ3v) is 6.35. The van der Waals surface area contributed by atoms with Crippen LogP contribution in [0.5, 0.6) is 0 Å². The van der Waals surface area contributed by atoms with Gasteiger partial charge in [-0.15, -0.1) is 0 Å². The minimum atomic E-state index is -1.72. The first-order valence-corrected chi connectivity index (χ1v) is 18.7. The van der Waals surface area contributed by atoms with Crippen LogP contribution in [0.15, 0.2) is 36.5 Å². The molecule has 0 rings (SSSR count). The lowest BCUT2D eigenvalue weighted by Gasteiger charge is -2.33. The van der Waals surface area contributed by atoms with Crippen molar-refractivity contribution >= 4 is 22.6 Å². The number of methoxy groups -OCH3 is 1. The van der Waals surface area contributed by atoms with Crippen LogP contribution in [0.1, 0.15) is 58.3 Å². The third kappa shape index (κ3) is 19.5. The first kappa shape index (κ1) is 30.0. The van der Waals surface area contributed by atoms with Crippen molar-refractivity contribution in [3.05, 3.63) is 36.5 Å². The minimum Gasteiger partial charge on any atom is -0.469 e. The normalized spacial score (nSPS) is 15.2. The zero-order chi connectivity index (χ0) is 23.8. The number of hydrogen-bond donors (Lipinski definition) is 0. The Morgan fingerprint density at radius 1 is 0.774 bits per heavy atom. The topological polar surface area (TPSA) is 44.8 Å². The van der Waals surface area contributed by atoms with Gasteiger partial charge >= 0.3 is 5.97 Å². The van der Waals surface area contributed by atoms with E-state index < -0.39 is 16.6 Å². The summed E-state index contributed by atoms with van der Waals surface area (Å²) in [6, 6.07) is 0. The second-order valence-electron chi connectivity index (χ2n) is 9.92. The van der Waals surface area contributed by atoms with Gasteiger partial charge in [0, 0.05) is 6.42 Å². The number of carbonyl (C=O) groups excluding carboxylic acids is 1. The number of allylic oxidation sites excluding steroid dienone is 4. The molecule has 0 heterocycles. The van der Waals surface area contributed by atoms with E-state index in [1.165, 1.54) is 13.5 Å². The van der Waals surface area contributed by atoms with Gasteiger partial charge in [0.2, 0.25) is 0 Å². The van der Waals surface area contributed by atoms with E-state index in [1.807, 2.05) is 0 Å². The van der Waals surface area contributed by atoms with Crippen molar-refractivity contribution in [2.45, 2.75) is 110 Å². The quantitative estimate of drug-likeness (QED) is 0.0733. The Morgan fingerprint density at radius 3 is 1.87 bits per heavy atom. The molecule has 0 radical (unpaired) electrons. The van der Waals surface area contributed by atoms with Crippen LogP contribution in [0.2, 0.25) is 39.3 Å². The van der Waals surface area contributed by atoms with Crippen LogP contribution in [-0.2, 0) is 18.4 Å². The molecule has 0 aliphatic rings. The summed E-state index contributed by atoms with van der Waals surface area (Å²) in [5.74, 6) is -0.106. The molecular formula is C25H48O4Si2. The van der Waals surface area contributed by atoms with Crippen LogP contribution < -0.4 is 0 Å². The summed E-state index contributed by atoms with van der Waals surface area (Å²) >= 11 is 0. The fourth-order valence-electron chi connectivity index (χ4n) is 3.03. The molecular weight excluding hydrogens is 420 g/mol. The van der Waals surface area contributed by atoms with Crippen LogP contribution in [0.25, 0.3) is 0 Å². The summed E-state index contributed by atoms with van der Waals surface area (Å²) in [4.78, 5) is 11.1. The van der Waals surface area contributed by atoms with E-state index in [0.29, 0.717) is 6.42 Å². The molecule has 0 N–H and O–H groups in total. The lowest BCUT2D eigenvalue weighted by Crippen LogP contribution is -2.42. The predicted octanol–water partition coefficient (Wildman–Crippen LogP) is 7.41. The lowest BCUT2D eigenvalue weighted by molar-refractivity contribution is -0.140. The second-order valence-corrected chi connectivity index (χ2v) is 18.8. The van der Waals surface area contributed by atoms with Crippen molar-refractivity contribution in [1.29, 1.82) is 0 Å². The molecule has 6 heteroatoms. The maximum atomic E-state index is 11.1. The number of esters is 1. The van der Waals surface area contributed by atoms with Crippen LogP contribution in [0, 0.1) is 0 Å². The van der Waals surface area contributed by atoms with Gasteiger partial charge in [0.15, 0.2) is 16.6 Å². The molecule has 2 atom stereocenters. The van der Waals surface area contributed by atoms with Crippen molar-refractivity contribution in [1.82, 2.24) is 0 Å². The maximum absolute atomic E-state index is 11.1. The van der Waals surface area contributed by atoms with Gasteiger partial charge in [0.25, 0.3) is 0 Å². The summed E-state index contributed by atoms with van der Waals surface area (Å²) in [5, 5.41) is 0. The van der Waals surface area contributed by atoms with Crippen molar-refractivity contribution < 1.29 is 18.4 Å². The molecule has 0 fully saturated rings. The van der Waals surface area contributed by atoms with E-state index >= 15 is 0 Å². The summed E-state index contributed by atoms with van der Waals surface area (Å²) in [7, 11) is -1.99. The molecule has 0 amide bonds. The Balaban J connectivity index is 4.83. The van der Waals surface area contributed by atoms with Crippen LogP contribution in [0.3, 0.4) is 0 Å². The standard InChI is InChI=1S/C25H48O4Si2/c1-9-10-11-17-20-23(28-30(3,4)5)24(29-31(6,7)8)21-18-15-13-12-14-16-19-22-25(26)27-2/h10-11,17-18,20-21,23-24H,9,12-16,19,22H2,1-8H3/b11-10+,20-17+,21-18-/t23-,24-/m1/s1. The Labute approximate surface area is 194 Å². The molecule has 0 unspecified atom stereocenters. The number of hydrogen-bond acceptors (Lipinski definition) is 4. The Bertz CT molecular complexity index is 557. The second kappa shape index (κ2) is 16.6. The molecule has 180 valence electrons. The highest BCUT2D eigenvalue weighted by Gasteiger charge is 2.29. The van der Waals surface area contributed by atoms with Gasteiger partial charge in [-0.1, -0.05) is 62.6 Å². The highest BCUT2D eigenvalue weighted by atomic mass is 28.4. The summed E-state index contributed by atoms with van der Waals surface area (Å²) in [5.41, 5.74) is 0. The number of ether oxygens (including phenoxy) is 1. The zero-order valence-electron chi connectivity index (χ0n) is 21.4. The molecule has 0 aromatic rings. The first-order valence-electron chi connectivity index (χ1n) is 11.9. The molecule has 31 heavy (non-hydrogen) atoms. The van der Waals surface area contributed by atoms with Crippen LogP contribution >= 0.6 is 0 Å². The minimum absolute atomic E-state index is 0.0512. The molecule has 0 aliphatic heterocycles. The smallest absolute Gasteiger partial charge is 0.305 e. The average Bonchev–Trinajstić information content (AvgIpc) is 2.66. The van der Waals surface area contributed by atoms with E-state index in [9.17, 15) is 4.79 Å². The van der Waals surface area contributed by atoms with E-state index in [1.54, 1.807) is 0 Å². The Kier molecular flexibility index (Phi) is 16.1. The van der Waals surface area contributed by atoms with Crippen molar-refractivity contribution in [3.8, 4) is 0 Å². The van der Waals surface area contributed by atoms with Gasteiger partial charge in [-0.3, -0.25) is 4.79 Å². The molecule has 0 spiro atoms. The number of carbonyl (C=O) groups is 1. The zero-order valence-corrected chi connectivity index (χ0v) is 23.4. The molecule has 0 aromatic carbocycles. The largest absolute Gasteiger partial charge is 0.469 e. The van der Waals surface area contributed by atoms with E-state index in [-0.39, 0.29) is 18.2 Å². The molecule has 0 aliphatic carbocycles. The highest BCUT2D eigenvalue weighted by molar-refractivity contribution is 6.70. The fourth-order valence-corrected chi connectivity index (χ4v) is 5.09. The van der Waals surface area contributed by atoms with Gasteiger partial charge in [0.1, 0.15) is 0 Å². The number of rotatable bonds is 17. The third-order valence-electron chi connectivity index (χ3n) is 4.39. The molecule has 0 saturated heterocycles. The average molecular weight is 469 g/mol. The monoisotopic (exact) mass is 468 g/mol. The van der Waals surface area contributed by atoms with Gasteiger partial charge in [-0.2, -0.15) is 0 Å². The lowest BCUT2D eigenvalue weighted by atomic mass is 10.1. The van der Waals surface area contributed by atoms with E-state index in [0.717, 1.165) is 38.5 Å². The van der Waals surface area contributed by atoms with Crippen molar-refractivity contribution in [2.75, 3.05) is 7.11 Å². The predicted molar refractivity (Wildman–Crippen MR) is 138 cm³/mol. The van der Waals surface area contributed by atoms with E-state index in [4.69, 9.17) is 8.85 Å². The van der Waals surface area contributed by atoms with Gasteiger partial charge in [-0.25, -0.2) is 0 Å². The van der Waals surface area contributed by atoms with E-state index in [2.05, 4.69) is 87.4 Å². The summed E-state index contributed by atoms with van der Waals surface area (Å²) in [6.45, 7) is 15.5. The first-order chi connectivity index (χ1) is 14.5. The van der Waals surface area contributed by atoms with Crippen LogP contribution in [0.4, 0.5) is 0 Å². The Hall–Kier alpha value is -0.956. The van der Waals surface area contributed by atoms with Gasteiger partial charge in [-0.05, 0) is 65.0 Å². The van der Waals surface area contributed by atoms with Gasteiger partial charge < -0.3 is 13.6 Å². The molecule has 0 saturated carbocycles. The highest BCUT2D eigenvalue weighted by Crippen LogP contribution is 2.20. The maximum Gasteiger partial charge on any atom is 0.305 e. The van der Waals surface area contributed by atoms with Crippen molar-refractivity contribution in [2.24, 2.45) is 0 Å². The summed E-state index contributed by atoms with van der Waals surface area (Å²) in [6.07, 6.45) is 21.0.